The second kappa shape index (κ2) is 4.54. The average molecular weight is 212 g/mol. The number of benzene rings is 1. The lowest BCUT2D eigenvalue weighted by molar-refractivity contribution is 0.0501. The van der Waals surface area contributed by atoms with Crippen LogP contribution < -0.4 is 0 Å². The number of hydrogen-bond acceptors (Lipinski definition) is 5. The van der Waals surface area contributed by atoms with E-state index in [9.17, 15) is 9.90 Å². The molecule has 5 heteroatoms. The minimum absolute atomic E-state index is 0.168. The predicted molar refractivity (Wildman–Crippen MR) is 52.0 cm³/mol. The Hall–Kier alpha value is -1.91. The molecule has 0 fully saturated rings. The van der Waals surface area contributed by atoms with Crippen LogP contribution in [0.1, 0.15) is 23.7 Å². The Kier molecular flexibility index (Phi) is 3.38. The van der Waals surface area contributed by atoms with Crippen molar-refractivity contribution in [1.29, 1.82) is 0 Å². The minimum Gasteiger partial charge on any atom is -0.504 e. The second-order valence-corrected chi connectivity index (χ2v) is 2.97. The molecule has 0 spiro atoms. The largest absolute Gasteiger partial charge is 0.504 e. The van der Waals surface area contributed by atoms with Gasteiger partial charge in [-0.25, -0.2) is 4.79 Å². The van der Waals surface area contributed by atoms with Crippen LogP contribution in [0.25, 0.3) is 0 Å². The van der Waals surface area contributed by atoms with E-state index in [4.69, 9.17) is 14.9 Å². The monoisotopic (exact) mass is 212 g/mol. The van der Waals surface area contributed by atoms with Crippen LogP contribution in [0.5, 0.6) is 17.2 Å². The highest BCUT2D eigenvalue weighted by molar-refractivity contribution is 5.93. The molecule has 5 nitrogen and oxygen atoms in total. The van der Waals surface area contributed by atoms with Crippen LogP contribution in [0.4, 0.5) is 0 Å². The van der Waals surface area contributed by atoms with Crippen LogP contribution in [0.3, 0.4) is 0 Å². The predicted octanol–water partition coefficient (Wildman–Crippen LogP) is 1.37. The smallest absolute Gasteiger partial charge is 0.342 e. The molecule has 0 radical (unpaired) electrons. The van der Waals surface area contributed by atoms with Crippen LogP contribution >= 0.6 is 0 Å². The molecule has 1 aromatic carbocycles. The number of carbonyl (C=O) groups is 1. The Morgan fingerprint density at radius 1 is 1.27 bits per heavy atom. The van der Waals surface area contributed by atoms with Gasteiger partial charge in [-0.1, -0.05) is 6.92 Å². The molecule has 0 aromatic heterocycles. The maximum Gasteiger partial charge on any atom is 0.342 e. The highest BCUT2D eigenvalue weighted by Gasteiger charge is 2.17. The molecular formula is C10H12O5. The molecule has 1 aromatic rings. The molecule has 0 amide bonds. The lowest BCUT2D eigenvalue weighted by Gasteiger charge is -2.07. The standard InChI is InChI=1S/C10H12O5/c1-2-5-15-10(14)6-3-4-7(11)9(13)8(6)12/h3-4,11-13H,2,5H2,1H3. The molecular weight excluding hydrogens is 200 g/mol. The zero-order valence-electron chi connectivity index (χ0n) is 8.23. The number of ether oxygens (including phenoxy) is 1. The van der Waals surface area contributed by atoms with Crippen LogP contribution in [0.2, 0.25) is 0 Å². The Bertz CT molecular complexity index is 372. The Balaban J connectivity index is 2.95. The van der Waals surface area contributed by atoms with Crippen molar-refractivity contribution in [3.05, 3.63) is 17.7 Å². The van der Waals surface area contributed by atoms with Crippen molar-refractivity contribution < 1.29 is 24.9 Å². The zero-order valence-corrected chi connectivity index (χ0v) is 8.23. The third kappa shape index (κ3) is 2.31. The van der Waals surface area contributed by atoms with Crippen LogP contribution in [-0.4, -0.2) is 27.9 Å². The van der Waals surface area contributed by atoms with E-state index in [2.05, 4.69) is 0 Å². The molecule has 0 aliphatic heterocycles. The van der Waals surface area contributed by atoms with Gasteiger partial charge < -0.3 is 20.1 Å². The number of esters is 1. The lowest BCUT2D eigenvalue weighted by Crippen LogP contribution is -2.06. The van der Waals surface area contributed by atoms with E-state index < -0.39 is 23.2 Å². The van der Waals surface area contributed by atoms with Gasteiger partial charge in [0.1, 0.15) is 5.56 Å². The molecule has 0 atom stereocenters. The summed E-state index contributed by atoms with van der Waals surface area (Å²) in [7, 11) is 0. The maximum atomic E-state index is 11.3. The Labute approximate surface area is 86.5 Å². The molecule has 0 unspecified atom stereocenters. The first-order chi connectivity index (χ1) is 7.07. The van der Waals surface area contributed by atoms with E-state index in [1.807, 2.05) is 6.92 Å². The highest BCUT2D eigenvalue weighted by Crippen LogP contribution is 2.37. The van der Waals surface area contributed by atoms with Crippen molar-refractivity contribution in [2.24, 2.45) is 0 Å². The van der Waals surface area contributed by atoms with Crippen molar-refractivity contribution in [2.45, 2.75) is 13.3 Å². The van der Waals surface area contributed by atoms with Gasteiger partial charge in [0.2, 0.25) is 5.75 Å². The number of rotatable bonds is 3. The van der Waals surface area contributed by atoms with Gasteiger partial charge in [-0.2, -0.15) is 0 Å². The fourth-order valence-corrected chi connectivity index (χ4v) is 1.01. The molecule has 0 saturated carbocycles. The third-order valence-corrected chi connectivity index (χ3v) is 1.79. The van der Waals surface area contributed by atoms with Gasteiger partial charge in [-0.15, -0.1) is 0 Å². The zero-order chi connectivity index (χ0) is 11.4. The number of phenolic OH excluding ortho intramolecular Hbond substituents is 3. The molecule has 82 valence electrons. The van der Waals surface area contributed by atoms with Gasteiger partial charge in [-0.3, -0.25) is 0 Å². The maximum absolute atomic E-state index is 11.3. The van der Waals surface area contributed by atoms with Crippen LogP contribution in [0.15, 0.2) is 12.1 Å². The fourth-order valence-electron chi connectivity index (χ4n) is 1.01. The summed E-state index contributed by atoms with van der Waals surface area (Å²) in [5.74, 6) is -2.61. The van der Waals surface area contributed by atoms with Gasteiger partial charge in [0.05, 0.1) is 6.61 Å². The second-order valence-electron chi connectivity index (χ2n) is 2.97. The van der Waals surface area contributed by atoms with Crippen molar-refractivity contribution in [1.82, 2.24) is 0 Å². The molecule has 0 aliphatic rings. The summed E-state index contributed by atoms with van der Waals surface area (Å²) in [6.45, 7) is 2.07. The van der Waals surface area contributed by atoms with Gasteiger partial charge in [0.25, 0.3) is 0 Å². The Morgan fingerprint density at radius 3 is 2.53 bits per heavy atom. The molecule has 0 aliphatic carbocycles. The van der Waals surface area contributed by atoms with Crippen LogP contribution in [0, 0.1) is 0 Å². The summed E-state index contributed by atoms with van der Waals surface area (Å²) in [5.41, 5.74) is -0.168. The Morgan fingerprint density at radius 2 is 1.93 bits per heavy atom. The summed E-state index contributed by atoms with van der Waals surface area (Å²) < 4.78 is 4.76. The summed E-state index contributed by atoms with van der Waals surface area (Å²) in [5, 5.41) is 27.5. The number of carbonyl (C=O) groups excluding carboxylic acids is 1. The van der Waals surface area contributed by atoms with E-state index >= 15 is 0 Å². The van der Waals surface area contributed by atoms with Crippen molar-refractivity contribution in [3.8, 4) is 17.2 Å². The average Bonchev–Trinajstić information content (AvgIpc) is 2.23. The first-order valence-corrected chi connectivity index (χ1v) is 4.49. The summed E-state index contributed by atoms with van der Waals surface area (Å²) in [4.78, 5) is 11.3. The molecule has 15 heavy (non-hydrogen) atoms. The van der Waals surface area contributed by atoms with Crippen molar-refractivity contribution in [3.63, 3.8) is 0 Å². The van der Waals surface area contributed by atoms with E-state index in [-0.39, 0.29) is 12.2 Å². The SMILES string of the molecule is CCCOC(=O)c1ccc(O)c(O)c1O. The fraction of sp³-hybridized carbons (Fsp3) is 0.300. The van der Waals surface area contributed by atoms with Gasteiger partial charge in [0, 0.05) is 0 Å². The minimum atomic E-state index is -0.732. The lowest BCUT2D eigenvalue weighted by atomic mass is 10.2. The van der Waals surface area contributed by atoms with Crippen molar-refractivity contribution in [2.75, 3.05) is 6.61 Å². The van der Waals surface area contributed by atoms with E-state index in [1.165, 1.54) is 6.07 Å². The summed E-state index contributed by atoms with van der Waals surface area (Å²) >= 11 is 0. The first-order valence-electron chi connectivity index (χ1n) is 4.49. The van der Waals surface area contributed by atoms with Gasteiger partial charge >= 0.3 is 5.97 Å². The third-order valence-electron chi connectivity index (χ3n) is 1.79. The van der Waals surface area contributed by atoms with E-state index in [0.29, 0.717) is 6.42 Å². The van der Waals surface area contributed by atoms with Crippen LogP contribution in [-0.2, 0) is 4.74 Å². The number of aromatic hydroxyl groups is 3. The normalized spacial score (nSPS) is 9.93. The number of phenols is 3. The van der Waals surface area contributed by atoms with E-state index in [0.717, 1.165) is 6.07 Å². The summed E-state index contributed by atoms with van der Waals surface area (Å²) in [6.07, 6.45) is 0.663. The highest BCUT2D eigenvalue weighted by atomic mass is 16.5. The summed E-state index contributed by atoms with van der Waals surface area (Å²) in [6, 6.07) is 2.29. The molecule has 1 rings (SSSR count). The molecule has 0 saturated heterocycles. The molecule has 0 heterocycles. The van der Waals surface area contributed by atoms with Gasteiger partial charge in [0.15, 0.2) is 11.5 Å². The molecule has 0 bridgehead atoms. The quantitative estimate of drug-likeness (QED) is 0.520. The van der Waals surface area contributed by atoms with Gasteiger partial charge in [-0.05, 0) is 18.6 Å². The van der Waals surface area contributed by atoms with Crippen molar-refractivity contribution >= 4 is 5.97 Å². The van der Waals surface area contributed by atoms with E-state index in [1.54, 1.807) is 0 Å². The topological polar surface area (TPSA) is 87.0 Å². The first kappa shape index (κ1) is 11.2. The molecule has 3 N–H and O–H groups in total. The number of hydrogen-bond donors (Lipinski definition) is 3.